The molecule has 0 amide bonds. The average molecular weight is 193 g/mol. The minimum absolute atomic E-state index is 0.110. The number of hydrogen-bond donors (Lipinski definition) is 0. The van der Waals surface area contributed by atoms with Crippen LogP contribution >= 0.6 is 0 Å². The highest BCUT2D eigenvalue weighted by Crippen LogP contribution is 2.12. The summed E-state index contributed by atoms with van der Waals surface area (Å²) in [5.41, 5.74) is 1.12. The smallest absolute Gasteiger partial charge is 0.269 e. The molecule has 0 aromatic heterocycles. The zero-order valence-corrected chi connectivity index (χ0v) is 7.68. The molecule has 74 valence electrons. The first-order valence-electron chi connectivity index (χ1n) is 4.20. The zero-order valence-electron chi connectivity index (χ0n) is 7.68. The fourth-order valence-corrected chi connectivity index (χ4v) is 1.04. The molecule has 0 saturated carbocycles. The summed E-state index contributed by atoms with van der Waals surface area (Å²) in [6.45, 7) is 3.96. The lowest BCUT2D eigenvalue weighted by Gasteiger charge is -2.00. The highest BCUT2D eigenvalue weighted by molar-refractivity contribution is 5.32. The maximum Gasteiger partial charge on any atom is 0.269 e. The van der Waals surface area contributed by atoms with E-state index < -0.39 is 4.92 Å². The first kappa shape index (κ1) is 10.2. The third-order valence-corrected chi connectivity index (χ3v) is 1.77. The summed E-state index contributed by atoms with van der Waals surface area (Å²) in [4.78, 5) is 9.93. The van der Waals surface area contributed by atoms with Gasteiger partial charge in [0.2, 0.25) is 0 Å². The molecule has 0 heterocycles. The highest BCUT2D eigenvalue weighted by Gasteiger charge is 2.03. The van der Waals surface area contributed by atoms with Crippen LogP contribution in [-0.4, -0.2) is 11.5 Å². The Morgan fingerprint density at radius 3 is 2.57 bits per heavy atom. The molecular formula is C10H11NO3. The predicted octanol–water partition coefficient (Wildman–Crippen LogP) is 2.30. The predicted molar refractivity (Wildman–Crippen MR) is 52.9 cm³/mol. The molecule has 1 aromatic rings. The minimum atomic E-state index is -0.413. The molecule has 0 N–H and O–H groups in total. The van der Waals surface area contributed by atoms with Gasteiger partial charge in [-0.05, 0) is 5.56 Å². The number of ether oxygens (including phenoxy) is 1. The fourth-order valence-electron chi connectivity index (χ4n) is 1.04. The number of benzene rings is 1. The van der Waals surface area contributed by atoms with Crippen molar-refractivity contribution in [2.24, 2.45) is 0 Å². The maximum absolute atomic E-state index is 10.3. The van der Waals surface area contributed by atoms with Gasteiger partial charge >= 0.3 is 0 Å². The molecule has 1 rings (SSSR count). The molecular weight excluding hydrogens is 182 g/mol. The number of hydrogen-bond acceptors (Lipinski definition) is 3. The van der Waals surface area contributed by atoms with Crippen molar-refractivity contribution >= 4 is 5.69 Å². The van der Waals surface area contributed by atoms with Crippen LogP contribution in [0.4, 0.5) is 5.69 Å². The third-order valence-electron chi connectivity index (χ3n) is 1.77. The Labute approximate surface area is 82.0 Å². The molecule has 1 aromatic carbocycles. The minimum Gasteiger partial charge on any atom is -0.501 e. The standard InChI is InChI=1S/C10H11NO3/c1-2-14-8-7-9-3-5-10(6-4-9)11(12)13/h2-6H,1,7-8H2. The molecule has 0 fully saturated rings. The molecule has 0 spiro atoms. The Morgan fingerprint density at radius 1 is 1.43 bits per heavy atom. The highest BCUT2D eigenvalue weighted by atomic mass is 16.6. The average Bonchev–Trinajstić information content (AvgIpc) is 2.19. The molecule has 0 aliphatic heterocycles. The zero-order chi connectivity index (χ0) is 10.4. The van der Waals surface area contributed by atoms with Gasteiger partial charge in [-0.1, -0.05) is 18.7 Å². The van der Waals surface area contributed by atoms with E-state index in [0.717, 1.165) is 12.0 Å². The molecule has 4 heteroatoms. The Balaban J connectivity index is 2.55. The number of non-ortho nitro benzene ring substituents is 1. The van der Waals surface area contributed by atoms with E-state index in [1.165, 1.54) is 18.4 Å². The number of nitrogens with zero attached hydrogens (tertiary/aromatic N) is 1. The normalized spacial score (nSPS) is 9.43. The topological polar surface area (TPSA) is 52.4 Å². The quantitative estimate of drug-likeness (QED) is 0.312. The van der Waals surface area contributed by atoms with E-state index >= 15 is 0 Å². The summed E-state index contributed by atoms with van der Waals surface area (Å²) in [6.07, 6.45) is 2.11. The molecule has 0 saturated heterocycles. The van der Waals surface area contributed by atoms with Gasteiger partial charge in [0.25, 0.3) is 5.69 Å². The van der Waals surface area contributed by atoms with Crippen LogP contribution in [0.25, 0.3) is 0 Å². The van der Waals surface area contributed by atoms with Crippen LogP contribution in [0.2, 0.25) is 0 Å². The van der Waals surface area contributed by atoms with Gasteiger partial charge in [-0.3, -0.25) is 10.1 Å². The van der Waals surface area contributed by atoms with Gasteiger partial charge < -0.3 is 4.74 Å². The summed E-state index contributed by atoms with van der Waals surface area (Å²) < 4.78 is 4.95. The van der Waals surface area contributed by atoms with Crippen LogP contribution in [0.5, 0.6) is 0 Å². The summed E-state index contributed by atoms with van der Waals surface area (Å²) in [5.74, 6) is 0. The van der Waals surface area contributed by atoms with E-state index in [1.54, 1.807) is 12.1 Å². The van der Waals surface area contributed by atoms with Gasteiger partial charge in [-0.2, -0.15) is 0 Å². The van der Waals surface area contributed by atoms with Crippen molar-refractivity contribution in [2.75, 3.05) is 6.61 Å². The molecule has 0 aliphatic rings. The van der Waals surface area contributed by atoms with E-state index in [1.807, 2.05) is 0 Å². The summed E-state index contributed by atoms with van der Waals surface area (Å²) in [5, 5.41) is 10.3. The van der Waals surface area contributed by atoms with Crippen LogP contribution in [0.1, 0.15) is 5.56 Å². The van der Waals surface area contributed by atoms with Crippen molar-refractivity contribution in [3.05, 3.63) is 52.8 Å². The van der Waals surface area contributed by atoms with Crippen LogP contribution in [-0.2, 0) is 11.2 Å². The number of rotatable bonds is 5. The van der Waals surface area contributed by atoms with Crippen molar-refractivity contribution in [2.45, 2.75) is 6.42 Å². The Hall–Kier alpha value is -1.84. The van der Waals surface area contributed by atoms with Crippen molar-refractivity contribution in [3.63, 3.8) is 0 Å². The van der Waals surface area contributed by atoms with E-state index in [2.05, 4.69) is 6.58 Å². The summed E-state index contributed by atoms with van der Waals surface area (Å²) in [7, 11) is 0. The number of nitro groups is 1. The molecule has 14 heavy (non-hydrogen) atoms. The van der Waals surface area contributed by atoms with E-state index in [9.17, 15) is 10.1 Å². The van der Waals surface area contributed by atoms with Crippen LogP contribution in [0.3, 0.4) is 0 Å². The lowest BCUT2D eigenvalue weighted by Crippen LogP contribution is -1.94. The Kier molecular flexibility index (Phi) is 3.67. The van der Waals surface area contributed by atoms with E-state index in [0.29, 0.717) is 6.61 Å². The van der Waals surface area contributed by atoms with Gasteiger partial charge in [-0.25, -0.2) is 0 Å². The fraction of sp³-hybridized carbons (Fsp3) is 0.200. The van der Waals surface area contributed by atoms with Crippen molar-refractivity contribution < 1.29 is 9.66 Å². The lowest BCUT2D eigenvalue weighted by atomic mass is 10.1. The largest absolute Gasteiger partial charge is 0.501 e. The van der Waals surface area contributed by atoms with Gasteiger partial charge in [0, 0.05) is 18.6 Å². The second-order valence-electron chi connectivity index (χ2n) is 2.71. The van der Waals surface area contributed by atoms with Crippen LogP contribution in [0.15, 0.2) is 37.1 Å². The summed E-state index contributed by atoms with van der Waals surface area (Å²) in [6, 6.07) is 6.43. The molecule has 0 bridgehead atoms. The monoisotopic (exact) mass is 193 g/mol. The first-order chi connectivity index (χ1) is 6.74. The second kappa shape index (κ2) is 5.01. The Bertz CT molecular complexity index is 319. The second-order valence-corrected chi connectivity index (χ2v) is 2.71. The molecule has 0 radical (unpaired) electrons. The van der Waals surface area contributed by atoms with Crippen LogP contribution < -0.4 is 0 Å². The van der Waals surface area contributed by atoms with Gasteiger partial charge in [-0.15, -0.1) is 0 Å². The van der Waals surface area contributed by atoms with Crippen LogP contribution in [0, 0.1) is 10.1 Å². The van der Waals surface area contributed by atoms with Gasteiger partial charge in [0.05, 0.1) is 17.8 Å². The first-order valence-corrected chi connectivity index (χ1v) is 4.20. The maximum atomic E-state index is 10.3. The van der Waals surface area contributed by atoms with Crippen molar-refractivity contribution in [1.29, 1.82) is 0 Å². The van der Waals surface area contributed by atoms with Crippen molar-refractivity contribution in [3.8, 4) is 0 Å². The third kappa shape index (κ3) is 2.90. The lowest BCUT2D eigenvalue weighted by molar-refractivity contribution is -0.384. The van der Waals surface area contributed by atoms with Gasteiger partial charge in [0.1, 0.15) is 0 Å². The van der Waals surface area contributed by atoms with Gasteiger partial charge in [0.15, 0.2) is 0 Å². The van der Waals surface area contributed by atoms with E-state index in [4.69, 9.17) is 4.74 Å². The SMILES string of the molecule is C=COCCc1ccc([N+](=O)[O-])cc1. The van der Waals surface area contributed by atoms with Crippen molar-refractivity contribution in [1.82, 2.24) is 0 Å². The number of nitro benzene ring substituents is 1. The molecule has 0 aliphatic carbocycles. The molecule has 0 unspecified atom stereocenters. The molecule has 4 nitrogen and oxygen atoms in total. The Morgan fingerprint density at radius 2 is 2.07 bits per heavy atom. The molecule has 0 atom stereocenters. The summed E-state index contributed by atoms with van der Waals surface area (Å²) >= 11 is 0. The van der Waals surface area contributed by atoms with E-state index in [-0.39, 0.29) is 5.69 Å².